The number of nitrogens with zero attached hydrogens (tertiary/aromatic N) is 8. The SMILES string of the molecule is Cc1cccc(N(c2ccc(N(c3ccc(N(c4cccc(C)c4)c4cccc(C)c4)cc3)c3ccc(N(c4ccc(N(c5cccc(C)c5)c5cccc(C)c5)cc4)c4ccc(N(c5cccc(C)c5)c5cccc(C)c5)cc4)c4nccnc34)cc2)c2cccc(C)c2)c1. The van der Waals surface area contributed by atoms with E-state index in [9.17, 15) is 0 Å². The molecule has 0 saturated carbocycles. The molecule has 13 aromatic carbocycles. The minimum atomic E-state index is 0.735. The first-order valence-corrected chi connectivity index (χ1v) is 32.8. The molecule has 96 heavy (non-hydrogen) atoms. The molecule has 0 atom stereocenters. The molecule has 14 rings (SSSR count). The second-order valence-corrected chi connectivity index (χ2v) is 25.1. The second-order valence-electron chi connectivity index (χ2n) is 25.1. The molecule has 0 N–H and O–H groups in total. The third-order valence-corrected chi connectivity index (χ3v) is 17.6. The van der Waals surface area contributed by atoms with Crippen molar-refractivity contribution in [1.82, 2.24) is 9.97 Å². The number of hydrogen-bond donors (Lipinski definition) is 0. The first-order chi connectivity index (χ1) is 46.8. The second kappa shape index (κ2) is 26.9. The van der Waals surface area contributed by atoms with E-state index in [0.717, 1.165) is 113 Å². The molecule has 0 unspecified atom stereocenters. The summed E-state index contributed by atoms with van der Waals surface area (Å²) < 4.78 is 0. The zero-order chi connectivity index (χ0) is 65.8. The summed E-state index contributed by atoms with van der Waals surface area (Å²) in [6, 6.07) is 110. The maximum absolute atomic E-state index is 5.34. The Hall–Kier alpha value is -12.0. The van der Waals surface area contributed by atoms with Crippen LogP contribution in [-0.2, 0) is 0 Å². The van der Waals surface area contributed by atoms with E-state index in [0.29, 0.717) is 0 Å². The molecule has 0 amide bonds. The van der Waals surface area contributed by atoms with Gasteiger partial charge in [-0.1, -0.05) is 97.1 Å². The van der Waals surface area contributed by atoms with Crippen LogP contribution in [0.1, 0.15) is 44.5 Å². The van der Waals surface area contributed by atoms with E-state index in [1.807, 2.05) is 12.4 Å². The van der Waals surface area contributed by atoms with Gasteiger partial charge in [0, 0.05) is 103 Å². The van der Waals surface area contributed by atoms with Crippen molar-refractivity contribution in [2.75, 3.05) is 29.4 Å². The van der Waals surface area contributed by atoms with Gasteiger partial charge in [0.25, 0.3) is 0 Å². The number of benzene rings is 13. The van der Waals surface area contributed by atoms with Gasteiger partial charge in [0.2, 0.25) is 0 Å². The van der Waals surface area contributed by atoms with Crippen LogP contribution < -0.4 is 29.4 Å². The Morgan fingerprint density at radius 3 is 0.479 bits per heavy atom. The average molecular weight is 1250 g/mol. The summed E-state index contributed by atoms with van der Waals surface area (Å²) in [4.78, 5) is 24.7. The smallest absolute Gasteiger partial charge is 0.115 e. The van der Waals surface area contributed by atoms with Gasteiger partial charge in [0.05, 0.1) is 11.4 Å². The molecule has 0 aliphatic heterocycles. The number of aromatic nitrogens is 2. The summed E-state index contributed by atoms with van der Waals surface area (Å²) in [6.07, 6.45) is 3.63. The minimum absolute atomic E-state index is 0.735. The Bertz CT molecular complexity index is 4300. The fraction of sp³-hybridized carbons (Fsp3) is 0.0909. The van der Waals surface area contributed by atoms with Gasteiger partial charge in [-0.15, -0.1) is 0 Å². The topological polar surface area (TPSA) is 45.2 Å². The third kappa shape index (κ3) is 12.9. The van der Waals surface area contributed by atoms with Crippen molar-refractivity contribution in [1.29, 1.82) is 0 Å². The zero-order valence-electron chi connectivity index (χ0n) is 55.6. The highest BCUT2D eigenvalue weighted by molar-refractivity contribution is 6.04. The summed E-state index contributed by atoms with van der Waals surface area (Å²) in [6.45, 7) is 17.2. The first-order valence-electron chi connectivity index (χ1n) is 32.8. The number of fused-ring (bicyclic) bond motifs is 1. The average Bonchev–Trinajstić information content (AvgIpc) is 0.758. The third-order valence-electron chi connectivity index (χ3n) is 17.6. The van der Waals surface area contributed by atoms with Crippen LogP contribution in [0.2, 0.25) is 0 Å². The number of anilines is 18. The molecule has 8 nitrogen and oxygen atoms in total. The molecule has 0 aliphatic carbocycles. The Labute approximate surface area is 565 Å². The lowest BCUT2D eigenvalue weighted by Crippen LogP contribution is -2.16. The molecule has 1 aromatic heterocycles. The van der Waals surface area contributed by atoms with Crippen molar-refractivity contribution in [3.63, 3.8) is 0 Å². The van der Waals surface area contributed by atoms with Gasteiger partial charge >= 0.3 is 0 Å². The van der Waals surface area contributed by atoms with E-state index >= 15 is 0 Å². The minimum Gasteiger partial charge on any atom is -0.310 e. The van der Waals surface area contributed by atoms with Crippen molar-refractivity contribution < 1.29 is 0 Å². The maximum Gasteiger partial charge on any atom is 0.115 e. The molecular weight excluding hydrogens is 1170 g/mol. The summed E-state index contributed by atoms with van der Waals surface area (Å²) in [5.41, 5.74) is 29.4. The zero-order valence-corrected chi connectivity index (χ0v) is 55.6. The summed E-state index contributed by atoms with van der Waals surface area (Å²) in [5, 5.41) is 0. The van der Waals surface area contributed by atoms with Crippen LogP contribution in [-0.4, -0.2) is 9.97 Å². The number of aryl methyl sites for hydroxylation is 8. The Balaban J connectivity index is 0.939. The summed E-state index contributed by atoms with van der Waals surface area (Å²) >= 11 is 0. The van der Waals surface area contributed by atoms with Gasteiger partial charge in [-0.25, -0.2) is 0 Å². The van der Waals surface area contributed by atoms with Crippen LogP contribution in [0, 0.1) is 55.4 Å². The standard InChI is InChI=1S/C88H76N8/c1-61-17-9-25-77(53-61)91(78-26-10-18-62(2)54-78)69-33-41-73(42-34-69)95(74-43-35-70(36-44-74)92(79-27-11-19-63(3)55-79)80-28-12-20-64(4)56-80)85-49-50-86(88-87(85)89-51-52-90-88)96(75-45-37-71(38-46-75)93(81-29-13-21-65(5)57-81)82-30-14-22-66(6)58-82)76-47-39-72(40-48-76)94(83-31-15-23-67(7)59-83)84-32-16-24-68(8)60-84/h9-60H,1-8H3. The van der Waals surface area contributed by atoms with E-state index in [1.165, 1.54) is 44.5 Å². The van der Waals surface area contributed by atoms with E-state index < -0.39 is 0 Å². The van der Waals surface area contributed by atoms with E-state index in [2.05, 4.69) is 388 Å². The van der Waals surface area contributed by atoms with Crippen molar-refractivity contribution in [3.05, 3.63) is 360 Å². The van der Waals surface area contributed by atoms with E-state index in [-0.39, 0.29) is 0 Å². The van der Waals surface area contributed by atoms with Crippen LogP contribution in [0.25, 0.3) is 11.0 Å². The fourth-order valence-corrected chi connectivity index (χ4v) is 13.2. The Morgan fingerprint density at radius 2 is 0.323 bits per heavy atom. The Kier molecular flexibility index (Phi) is 17.2. The van der Waals surface area contributed by atoms with E-state index in [4.69, 9.17) is 9.97 Å². The van der Waals surface area contributed by atoms with Crippen molar-refractivity contribution >= 4 is 113 Å². The summed E-state index contributed by atoms with van der Waals surface area (Å²) in [7, 11) is 0. The molecule has 468 valence electrons. The largest absolute Gasteiger partial charge is 0.310 e. The number of hydrogen-bond acceptors (Lipinski definition) is 8. The molecule has 1 heterocycles. The van der Waals surface area contributed by atoms with E-state index in [1.54, 1.807) is 0 Å². The highest BCUT2D eigenvalue weighted by Crippen LogP contribution is 2.48. The van der Waals surface area contributed by atoms with Gasteiger partial charge < -0.3 is 29.4 Å². The number of rotatable bonds is 18. The quantitative estimate of drug-likeness (QED) is 0.0842. The lowest BCUT2D eigenvalue weighted by molar-refractivity contribution is 1.21. The lowest BCUT2D eigenvalue weighted by atomic mass is 10.1. The van der Waals surface area contributed by atoms with Crippen molar-refractivity contribution in [2.24, 2.45) is 0 Å². The fourth-order valence-electron chi connectivity index (χ4n) is 13.2. The maximum atomic E-state index is 5.34. The van der Waals surface area contributed by atoms with Crippen LogP contribution in [0.3, 0.4) is 0 Å². The van der Waals surface area contributed by atoms with Gasteiger partial charge in [-0.2, -0.15) is 0 Å². The predicted molar refractivity (Wildman–Crippen MR) is 406 cm³/mol. The molecular formula is C88H76N8. The van der Waals surface area contributed by atoms with Gasteiger partial charge in [-0.3, -0.25) is 9.97 Å². The van der Waals surface area contributed by atoms with Crippen LogP contribution in [0.15, 0.2) is 316 Å². The molecule has 0 saturated heterocycles. The molecule has 0 spiro atoms. The van der Waals surface area contributed by atoms with Crippen molar-refractivity contribution in [2.45, 2.75) is 55.4 Å². The first kappa shape index (κ1) is 61.5. The molecule has 0 bridgehead atoms. The highest BCUT2D eigenvalue weighted by atomic mass is 15.2. The van der Waals surface area contributed by atoms with Crippen LogP contribution in [0.4, 0.5) is 102 Å². The normalized spacial score (nSPS) is 11.1. The molecule has 0 aliphatic rings. The van der Waals surface area contributed by atoms with Gasteiger partial charge in [0.15, 0.2) is 0 Å². The lowest BCUT2D eigenvalue weighted by Gasteiger charge is -2.32. The van der Waals surface area contributed by atoms with Crippen LogP contribution >= 0.6 is 0 Å². The summed E-state index contributed by atoms with van der Waals surface area (Å²) in [5.74, 6) is 0. The molecule has 14 aromatic rings. The predicted octanol–water partition coefficient (Wildman–Crippen LogP) is 24.9. The Morgan fingerprint density at radius 1 is 0.167 bits per heavy atom. The van der Waals surface area contributed by atoms with Crippen LogP contribution in [0.5, 0.6) is 0 Å². The highest BCUT2D eigenvalue weighted by Gasteiger charge is 2.26. The van der Waals surface area contributed by atoms with Crippen molar-refractivity contribution in [3.8, 4) is 0 Å². The molecule has 8 heteroatoms. The molecule has 0 fully saturated rings. The van der Waals surface area contributed by atoms with Gasteiger partial charge in [0.1, 0.15) is 11.0 Å². The monoisotopic (exact) mass is 1240 g/mol. The van der Waals surface area contributed by atoms with Gasteiger partial charge in [-0.05, 0) is 306 Å². The molecule has 0 radical (unpaired) electrons.